The largest absolute Gasteiger partial charge is 0.508 e. The number of nitrogens with zero attached hydrogens (tertiary/aromatic N) is 5. The molecule has 0 radical (unpaired) electrons. The maximum Gasteiger partial charge on any atom is 0.407 e. The molecule has 7 rings (SSSR count). The number of nitrogens with one attached hydrogen (secondary N) is 1. The van der Waals surface area contributed by atoms with Gasteiger partial charge in [-0.25, -0.2) is 9.18 Å². The number of hydrogen-bond acceptors (Lipinski definition) is 9. The highest BCUT2D eigenvalue weighted by molar-refractivity contribution is 6.31. The molecule has 4 aliphatic rings. The Morgan fingerprint density at radius 1 is 1.14 bits per heavy atom. The summed E-state index contributed by atoms with van der Waals surface area (Å²) in [6.07, 6.45) is 9.56. The summed E-state index contributed by atoms with van der Waals surface area (Å²) in [7, 11) is 0. The Morgan fingerprint density at radius 3 is 2.72 bits per heavy atom. The number of fused-ring (bicyclic) bond motifs is 2. The van der Waals surface area contributed by atoms with Gasteiger partial charge in [0.1, 0.15) is 29.4 Å². The molecule has 228 valence electrons. The molecule has 3 aliphatic heterocycles. The Bertz CT molecular complexity index is 1510. The third-order valence-electron chi connectivity index (χ3n) is 9.35. The molecule has 1 unspecified atom stereocenters. The van der Waals surface area contributed by atoms with Gasteiger partial charge in [-0.05, 0) is 75.7 Å². The predicted molar refractivity (Wildman–Crippen MR) is 160 cm³/mol. The Balaban J connectivity index is 1.17. The number of phenols is 1. The molecule has 0 spiro atoms. The molecule has 1 atom stereocenters. The number of carbonyl (C=O) groups excluding carboxylic acids is 1. The van der Waals surface area contributed by atoms with E-state index < -0.39 is 11.9 Å². The first-order valence-corrected chi connectivity index (χ1v) is 15.7. The molecule has 5 heterocycles. The number of carbonyl (C=O) groups is 1. The topological polar surface area (TPSA) is 113 Å². The fourth-order valence-electron chi connectivity index (χ4n) is 6.90. The van der Waals surface area contributed by atoms with Crippen LogP contribution in [-0.2, 0) is 4.74 Å². The SMILES string of the molecule is O=C(NC1CCN(c2nc(OCC34CCCN3CCC4)nc3c(F)c(-c4cc(O)cc(Cl)c4)ncc23)C1)OCCC1CC1. The zero-order valence-electron chi connectivity index (χ0n) is 24.0. The summed E-state index contributed by atoms with van der Waals surface area (Å²) in [6.45, 7) is 4.08. The van der Waals surface area contributed by atoms with Crippen LogP contribution in [0.2, 0.25) is 5.02 Å². The van der Waals surface area contributed by atoms with Crippen LogP contribution in [0.3, 0.4) is 0 Å². The predicted octanol–water partition coefficient (Wildman–Crippen LogP) is 5.30. The first-order valence-electron chi connectivity index (χ1n) is 15.3. The van der Waals surface area contributed by atoms with E-state index in [0.29, 0.717) is 55.4 Å². The van der Waals surface area contributed by atoms with Crippen LogP contribution in [0.4, 0.5) is 15.0 Å². The minimum absolute atomic E-state index is 0.0205. The maximum absolute atomic E-state index is 16.2. The van der Waals surface area contributed by atoms with E-state index in [1.54, 1.807) is 12.3 Å². The summed E-state index contributed by atoms with van der Waals surface area (Å²) in [5.74, 6) is 0.462. The minimum Gasteiger partial charge on any atom is -0.508 e. The number of alkyl carbamates (subject to hydrolysis) is 1. The first kappa shape index (κ1) is 28.3. The minimum atomic E-state index is -0.651. The van der Waals surface area contributed by atoms with E-state index in [1.807, 2.05) is 4.90 Å². The molecule has 1 aliphatic carbocycles. The lowest BCUT2D eigenvalue weighted by Crippen LogP contribution is -2.43. The number of halogens is 2. The molecular weight excluding hydrogens is 575 g/mol. The lowest BCUT2D eigenvalue weighted by atomic mass is 9.95. The summed E-state index contributed by atoms with van der Waals surface area (Å²) >= 11 is 6.14. The van der Waals surface area contributed by atoms with Crippen LogP contribution in [0.1, 0.15) is 51.4 Å². The van der Waals surface area contributed by atoms with E-state index in [1.165, 1.54) is 25.0 Å². The van der Waals surface area contributed by atoms with E-state index in [0.717, 1.165) is 45.2 Å². The summed E-state index contributed by atoms with van der Waals surface area (Å²) in [6, 6.07) is 4.31. The van der Waals surface area contributed by atoms with Crippen LogP contribution in [-0.4, -0.2) is 82.0 Å². The van der Waals surface area contributed by atoms with Crippen molar-refractivity contribution >= 4 is 34.4 Å². The second kappa shape index (κ2) is 11.6. The fraction of sp³-hybridized carbons (Fsp3) is 0.548. The number of rotatable bonds is 9. The van der Waals surface area contributed by atoms with E-state index >= 15 is 4.39 Å². The molecule has 1 amide bonds. The zero-order chi connectivity index (χ0) is 29.6. The maximum atomic E-state index is 16.2. The van der Waals surface area contributed by atoms with Crippen LogP contribution < -0.4 is 15.0 Å². The molecule has 1 aromatic carbocycles. The lowest BCUT2D eigenvalue weighted by molar-refractivity contribution is 0.108. The molecule has 0 bridgehead atoms. The molecule has 3 saturated heterocycles. The third-order valence-corrected chi connectivity index (χ3v) is 9.56. The van der Waals surface area contributed by atoms with Crippen molar-refractivity contribution in [1.29, 1.82) is 0 Å². The van der Waals surface area contributed by atoms with Gasteiger partial charge in [-0.1, -0.05) is 24.4 Å². The van der Waals surface area contributed by atoms with Crippen molar-refractivity contribution < 1.29 is 23.8 Å². The quantitative estimate of drug-likeness (QED) is 0.333. The van der Waals surface area contributed by atoms with Gasteiger partial charge in [0.05, 0.1) is 23.6 Å². The molecule has 43 heavy (non-hydrogen) atoms. The highest BCUT2D eigenvalue weighted by Gasteiger charge is 2.45. The van der Waals surface area contributed by atoms with Gasteiger partial charge in [0, 0.05) is 29.9 Å². The van der Waals surface area contributed by atoms with E-state index in [2.05, 4.69) is 20.2 Å². The van der Waals surface area contributed by atoms with Crippen LogP contribution in [0.15, 0.2) is 24.4 Å². The van der Waals surface area contributed by atoms with Crippen molar-refractivity contribution in [2.75, 3.05) is 44.3 Å². The molecule has 2 aromatic heterocycles. The molecule has 1 saturated carbocycles. The summed E-state index contributed by atoms with van der Waals surface area (Å²) < 4.78 is 27.9. The lowest BCUT2D eigenvalue weighted by Gasteiger charge is -2.31. The number of benzene rings is 1. The normalized spacial score (nSPS) is 21.3. The summed E-state index contributed by atoms with van der Waals surface area (Å²) in [5.41, 5.74) is 0.408. The van der Waals surface area contributed by atoms with Crippen LogP contribution in [0.25, 0.3) is 22.2 Å². The zero-order valence-corrected chi connectivity index (χ0v) is 24.8. The van der Waals surface area contributed by atoms with Gasteiger partial charge in [0.15, 0.2) is 5.82 Å². The van der Waals surface area contributed by atoms with Gasteiger partial charge in [0.2, 0.25) is 0 Å². The molecule has 12 heteroatoms. The van der Waals surface area contributed by atoms with E-state index in [9.17, 15) is 9.90 Å². The van der Waals surface area contributed by atoms with Crippen molar-refractivity contribution in [2.24, 2.45) is 5.92 Å². The van der Waals surface area contributed by atoms with E-state index in [4.69, 9.17) is 26.1 Å². The van der Waals surface area contributed by atoms with Gasteiger partial charge < -0.3 is 24.8 Å². The molecular formula is C31H36ClFN6O4. The van der Waals surface area contributed by atoms with Crippen LogP contribution in [0, 0.1) is 11.7 Å². The van der Waals surface area contributed by atoms with Crippen molar-refractivity contribution in [3.63, 3.8) is 0 Å². The molecule has 10 nitrogen and oxygen atoms in total. The number of phenolic OH excluding ortho intramolecular Hbond substituents is 1. The standard InChI is InChI=1S/C31H36ClFN6O4/c32-21-13-20(14-23(40)15-21)26-25(33)27-24(16-34-26)28(37-29(36-27)43-18-31-7-1-9-39(31)10-2-8-31)38-11-5-22(17-38)35-30(41)42-12-6-19-3-4-19/h13-16,19,22,40H,1-12,17-18H2,(H,35,41). The van der Waals surface area contributed by atoms with Gasteiger partial charge in [-0.15, -0.1) is 0 Å². The van der Waals surface area contributed by atoms with Gasteiger partial charge in [0.25, 0.3) is 0 Å². The Kier molecular flexibility index (Phi) is 7.63. The van der Waals surface area contributed by atoms with Crippen molar-refractivity contribution in [2.45, 2.75) is 62.9 Å². The fourth-order valence-corrected chi connectivity index (χ4v) is 7.13. The average Bonchev–Trinajstić information content (AvgIpc) is 3.33. The second-order valence-corrected chi connectivity index (χ2v) is 12.8. The number of amides is 1. The van der Waals surface area contributed by atoms with Crippen molar-refractivity contribution in [3.8, 4) is 23.0 Å². The Hall–Kier alpha value is -3.44. The number of pyridine rings is 1. The van der Waals surface area contributed by atoms with Crippen LogP contribution >= 0.6 is 11.6 Å². The Morgan fingerprint density at radius 2 is 1.95 bits per heavy atom. The average molecular weight is 611 g/mol. The third kappa shape index (κ3) is 5.89. The number of aromatic hydroxyl groups is 1. The highest BCUT2D eigenvalue weighted by Crippen LogP contribution is 2.40. The number of ether oxygens (including phenoxy) is 2. The summed E-state index contributed by atoms with van der Waals surface area (Å²) in [5, 5.41) is 13.7. The van der Waals surface area contributed by atoms with E-state index in [-0.39, 0.29) is 39.6 Å². The van der Waals surface area contributed by atoms with Gasteiger partial charge >= 0.3 is 12.1 Å². The highest BCUT2D eigenvalue weighted by atomic mass is 35.5. The van der Waals surface area contributed by atoms with Crippen molar-refractivity contribution in [3.05, 3.63) is 35.2 Å². The number of hydrogen-bond donors (Lipinski definition) is 2. The van der Waals surface area contributed by atoms with Crippen molar-refractivity contribution in [1.82, 2.24) is 25.2 Å². The summed E-state index contributed by atoms with van der Waals surface area (Å²) in [4.78, 5) is 30.6. The molecule has 3 aromatic rings. The number of aromatic nitrogens is 3. The smallest absolute Gasteiger partial charge is 0.407 e. The molecule has 2 N–H and O–H groups in total. The Labute approximate surface area is 254 Å². The van der Waals surface area contributed by atoms with Crippen LogP contribution in [0.5, 0.6) is 11.8 Å². The van der Waals surface area contributed by atoms with Gasteiger partial charge in [-0.2, -0.15) is 9.97 Å². The second-order valence-electron chi connectivity index (χ2n) is 12.4. The number of anilines is 1. The monoisotopic (exact) mass is 610 g/mol. The first-order chi connectivity index (χ1) is 20.9. The molecule has 4 fully saturated rings. The van der Waals surface area contributed by atoms with Gasteiger partial charge in [-0.3, -0.25) is 9.88 Å².